The zero-order valence-corrected chi connectivity index (χ0v) is 13.8. The van der Waals surface area contributed by atoms with E-state index in [1.807, 2.05) is 12.1 Å². The van der Waals surface area contributed by atoms with Crippen LogP contribution in [0.25, 0.3) is 22.3 Å². The monoisotopic (exact) mass is 300 g/mol. The van der Waals surface area contributed by atoms with Crippen molar-refractivity contribution in [3.8, 4) is 22.3 Å². The summed E-state index contributed by atoms with van der Waals surface area (Å²) in [5.74, 6) is 0. The minimum Gasteiger partial charge on any atom is -0.298 e. The van der Waals surface area contributed by atoms with Crippen molar-refractivity contribution in [2.45, 2.75) is 20.8 Å². The number of aryl methyl sites for hydroxylation is 3. The molecule has 0 aliphatic carbocycles. The van der Waals surface area contributed by atoms with Gasteiger partial charge in [0.15, 0.2) is 6.29 Å². The third-order valence-corrected chi connectivity index (χ3v) is 4.39. The molecule has 3 rings (SSSR count). The Kier molecular flexibility index (Phi) is 4.12. The molecule has 0 spiro atoms. The van der Waals surface area contributed by atoms with Crippen molar-refractivity contribution < 1.29 is 4.79 Å². The van der Waals surface area contributed by atoms with Crippen LogP contribution in [0, 0.1) is 20.8 Å². The molecule has 3 aromatic carbocycles. The predicted molar refractivity (Wildman–Crippen MR) is 96.9 cm³/mol. The van der Waals surface area contributed by atoms with E-state index in [4.69, 9.17) is 0 Å². The van der Waals surface area contributed by atoms with Crippen LogP contribution in [0.2, 0.25) is 0 Å². The lowest BCUT2D eigenvalue weighted by Gasteiger charge is -2.18. The molecule has 3 aromatic rings. The van der Waals surface area contributed by atoms with Crippen LogP contribution in [0.1, 0.15) is 27.0 Å². The summed E-state index contributed by atoms with van der Waals surface area (Å²) < 4.78 is 0. The van der Waals surface area contributed by atoms with Crippen LogP contribution in [0.15, 0.2) is 60.7 Å². The lowest BCUT2D eigenvalue weighted by Crippen LogP contribution is -1.97. The van der Waals surface area contributed by atoms with Crippen LogP contribution in [-0.2, 0) is 0 Å². The van der Waals surface area contributed by atoms with Crippen molar-refractivity contribution in [2.75, 3.05) is 0 Å². The normalized spacial score (nSPS) is 10.6. The minimum absolute atomic E-state index is 0.745. The lowest BCUT2D eigenvalue weighted by molar-refractivity contribution is 0.112. The molecular weight excluding hydrogens is 280 g/mol. The first kappa shape index (κ1) is 15.2. The molecular formula is C22H20O. The molecule has 0 fully saturated rings. The molecule has 0 bridgehead atoms. The first-order chi connectivity index (χ1) is 11.1. The first-order valence-electron chi connectivity index (χ1n) is 7.84. The van der Waals surface area contributed by atoms with Gasteiger partial charge in [-0.15, -0.1) is 0 Å². The van der Waals surface area contributed by atoms with E-state index in [9.17, 15) is 4.79 Å². The molecule has 0 aliphatic rings. The van der Waals surface area contributed by atoms with Crippen LogP contribution in [0.4, 0.5) is 0 Å². The Morgan fingerprint density at radius 1 is 0.609 bits per heavy atom. The SMILES string of the molecule is Cc1ccccc1-c1cccc(C)c1-c1c(C)cccc1C=O. The molecule has 0 saturated heterocycles. The largest absolute Gasteiger partial charge is 0.298 e. The summed E-state index contributed by atoms with van der Waals surface area (Å²) in [7, 11) is 0. The highest BCUT2D eigenvalue weighted by molar-refractivity contribution is 5.96. The van der Waals surface area contributed by atoms with Crippen LogP contribution in [-0.4, -0.2) is 6.29 Å². The Morgan fingerprint density at radius 2 is 1.17 bits per heavy atom. The number of rotatable bonds is 3. The van der Waals surface area contributed by atoms with E-state index < -0.39 is 0 Å². The second-order valence-electron chi connectivity index (χ2n) is 5.97. The molecule has 0 aromatic heterocycles. The van der Waals surface area contributed by atoms with E-state index in [1.54, 1.807) is 0 Å². The van der Waals surface area contributed by atoms with E-state index in [0.29, 0.717) is 0 Å². The molecule has 0 aliphatic heterocycles. The molecule has 0 unspecified atom stereocenters. The molecule has 0 radical (unpaired) electrons. The summed E-state index contributed by atoms with van der Waals surface area (Å²) >= 11 is 0. The molecule has 0 heterocycles. The third kappa shape index (κ3) is 2.70. The van der Waals surface area contributed by atoms with Gasteiger partial charge in [-0.05, 0) is 59.7 Å². The smallest absolute Gasteiger partial charge is 0.150 e. The van der Waals surface area contributed by atoms with Gasteiger partial charge in [0, 0.05) is 5.56 Å². The van der Waals surface area contributed by atoms with Crippen LogP contribution in [0.5, 0.6) is 0 Å². The highest BCUT2D eigenvalue weighted by atomic mass is 16.1. The van der Waals surface area contributed by atoms with Crippen molar-refractivity contribution in [1.82, 2.24) is 0 Å². The van der Waals surface area contributed by atoms with E-state index in [2.05, 4.69) is 69.3 Å². The van der Waals surface area contributed by atoms with E-state index in [0.717, 1.165) is 28.5 Å². The zero-order valence-electron chi connectivity index (χ0n) is 13.8. The number of hydrogen-bond acceptors (Lipinski definition) is 1. The second-order valence-corrected chi connectivity index (χ2v) is 5.97. The second kappa shape index (κ2) is 6.21. The summed E-state index contributed by atoms with van der Waals surface area (Å²) in [6.45, 7) is 6.30. The highest BCUT2D eigenvalue weighted by Gasteiger charge is 2.16. The summed E-state index contributed by atoms with van der Waals surface area (Å²) in [4.78, 5) is 11.6. The quantitative estimate of drug-likeness (QED) is 0.562. The van der Waals surface area contributed by atoms with Crippen LogP contribution < -0.4 is 0 Å². The van der Waals surface area contributed by atoms with Crippen molar-refractivity contribution in [3.05, 3.63) is 82.9 Å². The van der Waals surface area contributed by atoms with E-state index >= 15 is 0 Å². The summed E-state index contributed by atoms with van der Waals surface area (Å²) in [6.07, 6.45) is 0.955. The number of carbonyl (C=O) groups excluding carboxylic acids is 1. The van der Waals surface area contributed by atoms with Crippen LogP contribution in [0.3, 0.4) is 0 Å². The maximum atomic E-state index is 11.6. The molecule has 0 saturated carbocycles. The molecule has 0 atom stereocenters. The van der Waals surface area contributed by atoms with Crippen molar-refractivity contribution in [3.63, 3.8) is 0 Å². The molecule has 0 amide bonds. The Labute approximate surface area is 137 Å². The van der Waals surface area contributed by atoms with E-state index in [-0.39, 0.29) is 0 Å². The summed E-state index contributed by atoms with van der Waals surface area (Å²) in [5.41, 5.74) is 8.88. The van der Waals surface area contributed by atoms with Gasteiger partial charge in [-0.1, -0.05) is 60.7 Å². The number of carbonyl (C=O) groups is 1. The average molecular weight is 300 g/mol. The Bertz CT molecular complexity index is 875. The average Bonchev–Trinajstić information content (AvgIpc) is 2.55. The predicted octanol–water partition coefficient (Wildman–Crippen LogP) is 5.76. The zero-order chi connectivity index (χ0) is 16.4. The Morgan fingerprint density at radius 3 is 1.87 bits per heavy atom. The topological polar surface area (TPSA) is 17.1 Å². The van der Waals surface area contributed by atoms with E-state index in [1.165, 1.54) is 22.3 Å². The van der Waals surface area contributed by atoms with Gasteiger partial charge < -0.3 is 0 Å². The number of benzene rings is 3. The van der Waals surface area contributed by atoms with Crippen molar-refractivity contribution in [2.24, 2.45) is 0 Å². The Balaban J connectivity index is 2.39. The fourth-order valence-electron chi connectivity index (χ4n) is 3.23. The van der Waals surface area contributed by atoms with Gasteiger partial charge in [-0.3, -0.25) is 4.79 Å². The Hall–Kier alpha value is -2.67. The van der Waals surface area contributed by atoms with Gasteiger partial charge in [0.25, 0.3) is 0 Å². The fourth-order valence-corrected chi connectivity index (χ4v) is 3.23. The van der Waals surface area contributed by atoms with Gasteiger partial charge in [0.1, 0.15) is 0 Å². The standard InChI is InChI=1S/C22H20O/c1-15-8-4-5-12-19(15)20-13-7-10-17(3)22(20)21-16(2)9-6-11-18(21)14-23/h4-14H,1-3H3. The molecule has 23 heavy (non-hydrogen) atoms. The first-order valence-corrected chi connectivity index (χ1v) is 7.84. The molecule has 1 heteroatoms. The van der Waals surface area contributed by atoms with Gasteiger partial charge >= 0.3 is 0 Å². The summed E-state index contributed by atoms with van der Waals surface area (Å²) in [6, 6.07) is 20.6. The van der Waals surface area contributed by atoms with Gasteiger partial charge in [-0.2, -0.15) is 0 Å². The lowest BCUT2D eigenvalue weighted by atomic mass is 9.85. The summed E-state index contributed by atoms with van der Waals surface area (Å²) in [5, 5.41) is 0. The highest BCUT2D eigenvalue weighted by Crippen LogP contribution is 2.38. The number of hydrogen-bond donors (Lipinski definition) is 0. The molecule has 1 nitrogen and oxygen atoms in total. The molecule has 0 N–H and O–H groups in total. The van der Waals surface area contributed by atoms with Gasteiger partial charge in [-0.25, -0.2) is 0 Å². The maximum Gasteiger partial charge on any atom is 0.150 e. The fraction of sp³-hybridized carbons (Fsp3) is 0.136. The van der Waals surface area contributed by atoms with Crippen molar-refractivity contribution >= 4 is 6.29 Å². The number of aldehydes is 1. The van der Waals surface area contributed by atoms with Gasteiger partial charge in [0.2, 0.25) is 0 Å². The van der Waals surface area contributed by atoms with Crippen molar-refractivity contribution in [1.29, 1.82) is 0 Å². The third-order valence-electron chi connectivity index (χ3n) is 4.39. The van der Waals surface area contributed by atoms with Crippen LogP contribution >= 0.6 is 0 Å². The van der Waals surface area contributed by atoms with Gasteiger partial charge in [0.05, 0.1) is 0 Å². The maximum absolute atomic E-state index is 11.6. The minimum atomic E-state index is 0.745. The molecule has 114 valence electrons.